The molecule has 1 N–H and O–H groups in total. The van der Waals surface area contributed by atoms with Crippen LogP contribution in [0, 0.1) is 6.92 Å². The number of rotatable bonds is 7. The van der Waals surface area contributed by atoms with Crippen molar-refractivity contribution in [1.29, 1.82) is 0 Å². The normalized spacial score (nSPS) is 14.8. The predicted molar refractivity (Wildman–Crippen MR) is 116 cm³/mol. The number of aryl methyl sites for hydroxylation is 2. The Kier molecular flexibility index (Phi) is 5.69. The van der Waals surface area contributed by atoms with Gasteiger partial charge in [0.2, 0.25) is 0 Å². The van der Waals surface area contributed by atoms with Crippen LogP contribution in [0.25, 0.3) is 0 Å². The second-order valence-electron chi connectivity index (χ2n) is 6.98. The number of ether oxygens (including phenoxy) is 1. The Morgan fingerprint density at radius 1 is 1.14 bits per heavy atom. The second-order valence-corrected chi connectivity index (χ2v) is 7.79. The molecule has 1 atom stereocenters. The van der Waals surface area contributed by atoms with Gasteiger partial charge in [0.25, 0.3) is 5.56 Å². The van der Waals surface area contributed by atoms with E-state index in [9.17, 15) is 4.79 Å². The first kappa shape index (κ1) is 19.7. The molecule has 5 nitrogen and oxygen atoms in total. The molecule has 7 heteroatoms. The van der Waals surface area contributed by atoms with Gasteiger partial charge in [-0.2, -0.15) is 0 Å². The minimum atomic E-state index is -0.371. The average molecular weight is 428 g/mol. The summed E-state index contributed by atoms with van der Waals surface area (Å²) in [7, 11) is 0. The molecule has 29 heavy (non-hydrogen) atoms. The van der Waals surface area contributed by atoms with Crippen LogP contribution in [0.2, 0.25) is 10.0 Å². The van der Waals surface area contributed by atoms with E-state index in [1.54, 1.807) is 18.5 Å². The van der Waals surface area contributed by atoms with Gasteiger partial charge in [-0.15, -0.1) is 0 Å². The third kappa shape index (κ3) is 4.69. The zero-order chi connectivity index (χ0) is 20.4. The van der Waals surface area contributed by atoms with Crippen molar-refractivity contribution in [2.24, 2.45) is 4.99 Å². The van der Waals surface area contributed by atoms with Gasteiger partial charge in [-0.05, 0) is 67.6 Å². The van der Waals surface area contributed by atoms with E-state index in [1.165, 1.54) is 5.56 Å². The zero-order valence-corrected chi connectivity index (χ0v) is 17.3. The number of benzene rings is 1. The van der Waals surface area contributed by atoms with Crippen LogP contribution in [0.15, 0.2) is 52.5 Å². The molecule has 3 aromatic rings. The van der Waals surface area contributed by atoms with Gasteiger partial charge in [0.1, 0.15) is 16.8 Å². The molecule has 4 rings (SSSR count). The molecular weight excluding hydrogens is 409 g/mol. The van der Waals surface area contributed by atoms with Crippen LogP contribution in [0.1, 0.15) is 34.8 Å². The van der Waals surface area contributed by atoms with Crippen molar-refractivity contribution >= 4 is 29.4 Å². The fourth-order valence-electron chi connectivity index (χ4n) is 3.28. The van der Waals surface area contributed by atoms with Crippen LogP contribution in [-0.4, -0.2) is 16.2 Å². The second kappa shape index (κ2) is 8.39. The van der Waals surface area contributed by atoms with Gasteiger partial charge in [0.15, 0.2) is 5.75 Å². The summed E-state index contributed by atoms with van der Waals surface area (Å²) in [6, 6.07) is 9.48. The monoisotopic (exact) mass is 427 g/mol. The first-order chi connectivity index (χ1) is 14.0. The summed E-state index contributed by atoms with van der Waals surface area (Å²) >= 11 is 12.6. The maximum absolute atomic E-state index is 12.2. The third-order valence-corrected chi connectivity index (χ3v) is 5.38. The first-order valence-electron chi connectivity index (χ1n) is 9.33. The summed E-state index contributed by atoms with van der Waals surface area (Å²) in [6.07, 6.45) is 7.88. The molecular formula is C22H19Cl2N3O2. The molecule has 0 radical (unpaired) electrons. The lowest BCUT2D eigenvalue weighted by Crippen LogP contribution is -2.13. The number of hydrogen-bond acceptors (Lipinski definition) is 4. The van der Waals surface area contributed by atoms with Gasteiger partial charge in [-0.1, -0.05) is 23.2 Å². The highest BCUT2D eigenvalue weighted by Crippen LogP contribution is 2.36. The molecule has 0 bridgehead atoms. The lowest BCUT2D eigenvalue weighted by molar-refractivity contribution is 0.472. The highest BCUT2D eigenvalue weighted by molar-refractivity contribution is 6.32. The number of nitrogens with one attached hydrogen (secondary N) is 1. The number of hydrogen-bond donors (Lipinski definition) is 1. The summed E-state index contributed by atoms with van der Waals surface area (Å²) in [5, 5.41) is 0.587. The zero-order valence-electron chi connectivity index (χ0n) is 15.8. The van der Waals surface area contributed by atoms with Crippen LogP contribution in [0.5, 0.6) is 11.5 Å². The summed E-state index contributed by atoms with van der Waals surface area (Å²) in [4.78, 5) is 23.3. The molecule has 0 aliphatic carbocycles. The number of aromatic amines is 1. The fourth-order valence-corrected chi connectivity index (χ4v) is 3.71. The molecule has 0 fully saturated rings. The molecule has 3 heterocycles. The van der Waals surface area contributed by atoms with E-state index in [-0.39, 0.29) is 16.6 Å². The van der Waals surface area contributed by atoms with Gasteiger partial charge in [0, 0.05) is 34.9 Å². The van der Waals surface area contributed by atoms with E-state index in [0.717, 1.165) is 29.7 Å². The van der Waals surface area contributed by atoms with Crippen LogP contribution < -0.4 is 10.3 Å². The summed E-state index contributed by atoms with van der Waals surface area (Å²) in [6.45, 7) is 1.85. The molecule has 148 valence electrons. The van der Waals surface area contributed by atoms with Crippen LogP contribution in [0.3, 0.4) is 0 Å². The van der Waals surface area contributed by atoms with Gasteiger partial charge in [0.05, 0.1) is 0 Å². The number of H-pyrrole nitrogens is 1. The van der Waals surface area contributed by atoms with Crippen molar-refractivity contribution < 1.29 is 4.74 Å². The molecule has 2 aromatic heterocycles. The number of pyridine rings is 2. The molecule has 0 spiro atoms. The highest BCUT2D eigenvalue weighted by atomic mass is 35.5. The van der Waals surface area contributed by atoms with Gasteiger partial charge in [-0.25, -0.2) is 0 Å². The van der Waals surface area contributed by atoms with E-state index >= 15 is 0 Å². The Balaban J connectivity index is 1.61. The van der Waals surface area contributed by atoms with Gasteiger partial charge in [-0.3, -0.25) is 14.8 Å². The van der Waals surface area contributed by atoms with Crippen molar-refractivity contribution in [3.63, 3.8) is 0 Å². The number of nitrogens with zero attached hydrogens (tertiary/aromatic N) is 2. The van der Waals surface area contributed by atoms with Crippen LogP contribution in [-0.2, 0) is 12.8 Å². The van der Waals surface area contributed by atoms with Crippen LogP contribution in [0.4, 0.5) is 0 Å². The quantitative estimate of drug-likeness (QED) is 0.542. The Labute approximate surface area is 178 Å². The minimum Gasteiger partial charge on any atom is -0.455 e. The molecule has 1 aromatic carbocycles. The van der Waals surface area contributed by atoms with Crippen molar-refractivity contribution in [3.05, 3.63) is 85.5 Å². The van der Waals surface area contributed by atoms with Crippen LogP contribution >= 0.6 is 23.2 Å². The lowest BCUT2D eigenvalue weighted by atomic mass is 10.0. The maximum atomic E-state index is 12.2. The minimum absolute atomic E-state index is 0.0405. The largest absolute Gasteiger partial charge is 0.455 e. The predicted octanol–water partition coefficient (Wildman–Crippen LogP) is 5.48. The standard InChI is InChI=1S/C22H19Cl2N3O2/c1-13-18(4-2-3-14-5-7-25-8-6-14)21(20(24)22(28)27-13)29-17-10-15(19-12-26-19)9-16(23)11-17/h5-12,19H,2-4H2,1H3,(H,27,28). The Morgan fingerprint density at radius 3 is 2.62 bits per heavy atom. The molecule has 0 saturated heterocycles. The van der Waals surface area contributed by atoms with Crippen molar-refractivity contribution in [3.8, 4) is 11.5 Å². The highest BCUT2D eigenvalue weighted by Gasteiger charge is 2.20. The van der Waals surface area contributed by atoms with Crippen molar-refractivity contribution in [1.82, 2.24) is 9.97 Å². The number of aromatic nitrogens is 2. The van der Waals surface area contributed by atoms with Crippen molar-refractivity contribution in [2.45, 2.75) is 32.2 Å². The molecule has 1 unspecified atom stereocenters. The van der Waals surface area contributed by atoms with E-state index in [4.69, 9.17) is 27.9 Å². The Morgan fingerprint density at radius 2 is 1.90 bits per heavy atom. The topological polar surface area (TPSA) is 67.3 Å². The third-order valence-electron chi connectivity index (χ3n) is 4.82. The van der Waals surface area contributed by atoms with E-state index < -0.39 is 0 Å². The molecule has 0 saturated carbocycles. The van der Waals surface area contributed by atoms with Gasteiger partial charge < -0.3 is 9.72 Å². The fraction of sp³-hybridized carbons (Fsp3) is 0.227. The Bertz CT molecular complexity index is 1120. The van der Waals surface area contributed by atoms with Gasteiger partial charge >= 0.3 is 0 Å². The number of halogens is 2. The average Bonchev–Trinajstić information content (AvgIpc) is 3.54. The Hall–Kier alpha value is -2.63. The summed E-state index contributed by atoms with van der Waals surface area (Å²) in [5.41, 5.74) is 3.42. The van der Waals surface area contributed by atoms with E-state index in [0.29, 0.717) is 22.9 Å². The summed E-state index contributed by atoms with van der Waals surface area (Å²) in [5.74, 6) is 0.915. The molecule has 1 aliphatic rings. The maximum Gasteiger partial charge on any atom is 0.270 e. The lowest BCUT2D eigenvalue weighted by Gasteiger charge is -2.16. The van der Waals surface area contributed by atoms with E-state index in [2.05, 4.69) is 15.0 Å². The van der Waals surface area contributed by atoms with E-state index in [1.807, 2.05) is 37.4 Å². The molecule has 0 amide bonds. The smallest absolute Gasteiger partial charge is 0.270 e. The summed E-state index contributed by atoms with van der Waals surface area (Å²) < 4.78 is 6.10. The number of aliphatic imine (C=N–C) groups is 1. The first-order valence-corrected chi connectivity index (χ1v) is 10.1. The van der Waals surface area contributed by atoms with Crippen molar-refractivity contribution in [2.75, 3.05) is 0 Å². The molecule has 1 aliphatic heterocycles. The SMILES string of the molecule is Cc1[nH]c(=O)c(Cl)c(Oc2cc(Cl)cc(C3C=N3)c2)c1CCCc1ccncc1.